The Morgan fingerprint density at radius 2 is 2.29 bits per heavy atom. The molecule has 7 heavy (non-hydrogen) atoms. The molecule has 0 spiro atoms. The number of nitrogens with two attached hydrogens (primary N) is 1. The lowest BCUT2D eigenvalue weighted by atomic mass is 10.9. The molecule has 0 fully saturated rings. The largest absolute Gasteiger partial charge is 0.450 e. The van der Waals surface area contributed by atoms with E-state index in [-0.39, 0.29) is 5.48 Å². The van der Waals surface area contributed by atoms with Gasteiger partial charge in [-0.05, 0) is 6.92 Å². The molecule has 0 bridgehead atoms. The Morgan fingerprint density at radius 3 is 2.29 bits per heavy atom. The van der Waals surface area contributed by atoms with Crippen LogP contribution in [0.4, 0.5) is 4.79 Å². The van der Waals surface area contributed by atoms with Crippen LogP contribution in [0.25, 0.3) is 0 Å². The van der Waals surface area contributed by atoms with Gasteiger partial charge in [-0.1, -0.05) is 0 Å². The maximum Gasteiger partial charge on any atom is 0.404 e. The van der Waals surface area contributed by atoms with Crippen LogP contribution in [-0.2, 0) is 4.74 Å². The Kier molecular flexibility index (Phi) is 7.12. The van der Waals surface area contributed by atoms with Gasteiger partial charge in [0.05, 0.1) is 6.61 Å². The molecule has 0 aromatic carbocycles. The van der Waals surface area contributed by atoms with Gasteiger partial charge in [0.25, 0.3) is 0 Å². The summed E-state index contributed by atoms with van der Waals surface area (Å²) in [5.74, 6) is 0. The lowest BCUT2D eigenvalue weighted by Crippen LogP contribution is -2.11. The van der Waals surface area contributed by atoms with Crippen LogP contribution < -0.4 is 5.73 Å². The number of primary amides is 1. The van der Waals surface area contributed by atoms with Gasteiger partial charge in [-0.3, -0.25) is 0 Å². The first-order valence-corrected chi connectivity index (χ1v) is 1.69. The van der Waals surface area contributed by atoms with E-state index in [4.69, 9.17) is 0 Å². The SMILES string of the molecule is CCOC(N)=O.O. The lowest BCUT2D eigenvalue weighted by Gasteiger charge is -1.89. The molecule has 0 radical (unpaired) electrons. The van der Waals surface area contributed by atoms with Crippen molar-refractivity contribution in [1.82, 2.24) is 0 Å². The zero-order valence-electron chi connectivity index (χ0n) is 4.10. The highest BCUT2D eigenvalue weighted by Crippen LogP contribution is 1.66. The maximum absolute atomic E-state index is 9.60. The minimum atomic E-state index is -0.711. The van der Waals surface area contributed by atoms with E-state index in [1.807, 2.05) is 0 Å². The van der Waals surface area contributed by atoms with E-state index in [1.165, 1.54) is 0 Å². The number of hydrogen-bond donors (Lipinski definition) is 1. The molecule has 0 saturated heterocycles. The molecule has 0 unspecified atom stereocenters. The first-order valence-electron chi connectivity index (χ1n) is 1.69. The molecule has 0 aliphatic heterocycles. The summed E-state index contributed by atoms with van der Waals surface area (Å²) in [6.07, 6.45) is -0.711. The summed E-state index contributed by atoms with van der Waals surface area (Å²) in [4.78, 5) is 9.60. The van der Waals surface area contributed by atoms with Crippen LogP contribution in [0.15, 0.2) is 0 Å². The third-order valence-electron chi connectivity index (χ3n) is 0.287. The molecule has 0 aliphatic carbocycles. The summed E-state index contributed by atoms with van der Waals surface area (Å²) in [6, 6.07) is 0. The topological polar surface area (TPSA) is 83.8 Å². The summed E-state index contributed by atoms with van der Waals surface area (Å²) >= 11 is 0. The van der Waals surface area contributed by atoms with E-state index in [0.717, 1.165) is 0 Å². The molecule has 0 rings (SSSR count). The molecule has 4 heteroatoms. The number of carbonyl (C=O) groups excluding carboxylic acids is 1. The van der Waals surface area contributed by atoms with Gasteiger partial charge < -0.3 is 15.9 Å². The second-order valence-electron chi connectivity index (χ2n) is 0.752. The van der Waals surface area contributed by atoms with E-state index in [1.54, 1.807) is 6.92 Å². The Labute approximate surface area is 41.6 Å². The van der Waals surface area contributed by atoms with Gasteiger partial charge in [-0.15, -0.1) is 0 Å². The molecular weight excluding hydrogens is 98.0 g/mol. The second-order valence-corrected chi connectivity index (χ2v) is 0.752. The van der Waals surface area contributed by atoms with Gasteiger partial charge in [0.2, 0.25) is 0 Å². The van der Waals surface area contributed by atoms with E-state index in [2.05, 4.69) is 10.5 Å². The highest BCUT2D eigenvalue weighted by atomic mass is 16.5. The van der Waals surface area contributed by atoms with E-state index in [9.17, 15) is 4.79 Å². The molecule has 1 amide bonds. The zero-order chi connectivity index (χ0) is 4.99. The normalized spacial score (nSPS) is 6.43. The average Bonchev–Trinajstić information content (AvgIpc) is 1.35. The molecule has 0 aliphatic rings. The van der Waals surface area contributed by atoms with E-state index < -0.39 is 6.09 Å². The van der Waals surface area contributed by atoms with E-state index >= 15 is 0 Å². The number of amides is 1. The van der Waals surface area contributed by atoms with Crippen molar-refractivity contribution >= 4 is 6.09 Å². The van der Waals surface area contributed by atoms with Crippen molar-refractivity contribution in [3.05, 3.63) is 0 Å². The van der Waals surface area contributed by atoms with Gasteiger partial charge in [0.1, 0.15) is 0 Å². The summed E-state index contributed by atoms with van der Waals surface area (Å²) < 4.78 is 4.18. The fourth-order valence-electron chi connectivity index (χ4n) is 0.142. The van der Waals surface area contributed by atoms with Crippen LogP contribution in [0, 0.1) is 0 Å². The summed E-state index contributed by atoms with van der Waals surface area (Å²) in [5.41, 5.74) is 4.54. The standard InChI is InChI=1S/C3H7NO2.H2O/c1-2-6-3(4)5;/h2H2,1H3,(H2,4,5);1H2. The quantitative estimate of drug-likeness (QED) is 0.479. The molecule has 4 N–H and O–H groups in total. The average molecular weight is 107 g/mol. The first-order chi connectivity index (χ1) is 2.77. The monoisotopic (exact) mass is 107 g/mol. The highest BCUT2D eigenvalue weighted by molar-refractivity contribution is 5.64. The summed E-state index contributed by atoms with van der Waals surface area (Å²) in [6.45, 7) is 2.06. The van der Waals surface area contributed by atoms with Gasteiger partial charge in [-0.2, -0.15) is 0 Å². The Hall–Kier alpha value is -0.770. The molecular formula is C3H9NO3. The van der Waals surface area contributed by atoms with Crippen LogP contribution in [0.5, 0.6) is 0 Å². The van der Waals surface area contributed by atoms with E-state index in [0.29, 0.717) is 6.61 Å². The third kappa shape index (κ3) is 11.0. The van der Waals surface area contributed by atoms with Crippen molar-refractivity contribution in [2.45, 2.75) is 6.92 Å². The van der Waals surface area contributed by atoms with Crippen molar-refractivity contribution in [2.24, 2.45) is 5.73 Å². The second kappa shape index (κ2) is 5.23. The third-order valence-corrected chi connectivity index (χ3v) is 0.287. The summed E-state index contributed by atoms with van der Waals surface area (Å²) in [5, 5.41) is 0. The van der Waals surface area contributed by atoms with Crippen molar-refractivity contribution in [3.63, 3.8) is 0 Å². The molecule has 0 heterocycles. The van der Waals surface area contributed by atoms with Crippen LogP contribution in [0.1, 0.15) is 6.92 Å². The lowest BCUT2D eigenvalue weighted by molar-refractivity contribution is 0.163. The fraction of sp³-hybridized carbons (Fsp3) is 0.667. The number of carbonyl (C=O) groups is 1. The number of hydrogen-bond acceptors (Lipinski definition) is 2. The van der Waals surface area contributed by atoms with Crippen molar-refractivity contribution < 1.29 is 15.0 Å². The number of rotatable bonds is 1. The molecule has 44 valence electrons. The Morgan fingerprint density at radius 1 is 1.86 bits per heavy atom. The van der Waals surface area contributed by atoms with Gasteiger partial charge in [0, 0.05) is 0 Å². The fourth-order valence-corrected chi connectivity index (χ4v) is 0.142. The molecule has 0 aromatic heterocycles. The minimum absolute atomic E-state index is 0. The molecule has 0 aromatic rings. The Bertz CT molecular complexity index is 54.1. The predicted molar refractivity (Wildman–Crippen MR) is 24.8 cm³/mol. The molecule has 0 saturated carbocycles. The highest BCUT2D eigenvalue weighted by Gasteiger charge is 1.82. The molecule has 0 atom stereocenters. The first kappa shape index (κ1) is 9.52. The maximum atomic E-state index is 9.60. The predicted octanol–water partition coefficient (Wildman–Crippen LogP) is -0.723. The van der Waals surface area contributed by atoms with Crippen molar-refractivity contribution in [3.8, 4) is 0 Å². The smallest absolute Gasteiger partial charge is 0.404 e. The summed E-state index contributed by atoms with van der Waals surface area (Å²) in [7, 11) is 0. The van der Waals surface area contributed by atoms with Crippen LogP contribution in [0.2, 0.25) is 0 Å². The number of ether oxygens (including phenoxy) is 1. The minimum Gasteiger partial charge on any atom is -0.450 e. The van der Waals surface area contributed by atoms with Gasteiger partial charge in [-0.25, -0.2) is 4.79 Å². The van der Waals surface area contributed by atoms with Gasteiger partial charge in [0.15, 0.2) is 0 Å². The zero-order valence-corrected chi connectivity index (χ0v) is 4.10. The molecule has 4 nitrogen and oxygen atoms in total. The van der Waals surface area contributed by atoms with Crippen molar-refractivity contribution in [2.75, 3.05) is 6.61 Å². The van der Waals surface area contributed by atoms with Crippen LogP contribution >= 0.6 is 0 Å². The van der Waals surface area contributed by atoms with Crippen LogP contribution in [-0.4, -0.2) is 18.2 Å². The van der Waals surface area contributed by atoms with Crippen molar-refractivity contribution in [1.29, 1.82) is 0 Å². The van der Waals surface area contributed by atoms with Crippen LogP contribution in [0.3, 0.4) is 0 Å². The van der Waals surface area contributed by atoms with Gasteiger partial charge >= 0.3 is 6.09 Å². The Balaban J connectivity index is 0.